The molecule has 26 heavy (non-hydrogen) atoms. The summed E-state index contributed by atoms with van der Waals surface area (Å²) in [6.45, 7) is 6.98. The number of aromatic nitrogens is 3. The summed E-state index contributed by atoms with van der Waals surface area (Å²) in [6.07, 6.45) is 6.40. The van der Waals surface area contributed by atoms with E-state index in [0.717, 1.165) is 54.4 Å². The van der Waals surface area contributed by atoms with Crippen molar-refractivity contribution >= 4 is 44.7 Å². The van der Waals surface area contributed by atoms with Crippen molar-refractivity contribution in [3.63, 3.8) is 0 Å². The summed E-state index contributed by atoms with van der Waals surface area (Å²) in [4.78, 5) is 22.3. The van der Waals surface area contributed by atoms with Crippen LogP contribution in [-0.2, 0) is 11.3 Å². The van der Waals surface area contributed by atoms with E-state index in [1.165, 1.54) is 6.33 Å². The number of rotatable bonds is 5. The van der Waals surface area contributed by atoms with Crippen LogP contribution in [0.3, 0.4) is 0 Å². The summed E-state index contributed by atoms with van der Waals surface area (Å²) >= 11 is 9.71. The first-order valence-electron chi connectivity index (χ1n) is 9.02. The van der Waals surface area contributed by atoms with Gasteiger partial charge in [-0.1, -0.05) is 25.4 Å². The Bertz CT molecular complexity index is 772. The van der Waals surface area contributed by atoms with Gasteiger partial charge in [0.2, 0.25) is 0 Å². The molecule has 1 aliphatic rings. The number of halogens is 2. The molecule has 0 radical (unpaired) electrons. The molecule has 1 fully saturated rings. The van der Waals surface area contributed by atoms with Crippen LogP contribution in [0.2, 0.25) is 5.15 Å². The second kappa shape index (κ2) is 8.57. The first-order chi connectivity index (χ1) is 12.5. The highest BCUT2D eigenvalue weighted by atomic mass is 79.9. The number of ether oxygens (including phenoxy) is 1. The highest BCUT2D eigenvalue weighted by molar-refractivity contribution is 9.10. The maximum absolute atomic E-state index is 12.0. The lowest BCUT2D eigenvalue weighted by Crippen LogP contribution is -2.39. The van der Waals surface area contributed by atoms with Gasteiger partial charge in [0, 0.05) is 30.3 Å². The highest BCUT2D eigenvalue weighted by Gasteiger charge is 2.24. The van der Waals surface area contributed by atoms with Gasteiger partial charge in [-0.3, -0.25) is 0 Å². The highest BCUT2D eigenvalue weighted by Crippen LogP contribution is 2.30. The summed E-state index contributed by atoms with van der Waals surface area (Å²) in [5, 5.41) is 1.32. The number of hydrogen-bond acceptors (Lipinski definition) is 4. The van der Waals surface area contributed by atoms with Crippen molar-refractivity contribution in [2.24, 2.45) is 11.8 Å². The number of amides is 1. The lowest BCUT2D eigenvalue weighted by Gasteiger charge is -2.31. The molecule has 6 nitrogen and oxygen atoms in total. The summed E-state index contributed by atoms with van der Waals surface area (Å²) in [5.41, 5.74) is 0.853. The lowest BCUT2D eigenvalue weighted by molar-refractivity contribution is 0.0779. The van der Waals surface area contributed by atoms with Crippen molar-refractivity contribution in [3.8, 4) is 0 Å². The Morgan fingerprint density at radius 1 is 1.38 bits per heavy atom. The first kappa shape index (κ1) is 19.4. The zero-order valence-electron chi connectivity index (χ0n) is 15.1. The monoisotopic (exact) mass is 442 g/mol. The van der Waals surface area contributed by atoms with E-state index >= 15 is 0 Å². The molecule has 0 atom stereocenters. The minimum absolute atomic E-state index is 0.177. The van der Waals surface area contributed by atoms with Crippen LogP contribution in [0.15, 0.2) is 17.0 Å². The molecule has 142 valence electrons. The van der Waals surface area contributed by atoms with Crippen LogP contribution in [0.1, 0.15) is 33.1 Å². The van der Waals surface area contributed by atoms with Crippen LogP contribution in [0.25, 0.3) is 11.0 Å². The number of likely N-dealkylation sites (tertiary alicyclic amines) is 1. The number of fused-ring (bicyclic) bond motifs is 1. The van der Waals surface area contributed by atoms with Gasteiger partial charge in [-0.2, -0.15) is 0 Å². The SMILES string of the molecule is CC(C)COC(=O)N1CCC(CCn2cc(Br)c3c(Cl)ncnc32)CC1. The lowest BCUT2D eigenvalue weighted by atomic mass is 9.94. The molecule has 2 aromatic heterocycles. The number of hydrogen-bond donors (Lipinski definition) is 0. The van der Waals surface area contributed by atoms with Gasteiger partial charge in [0.25, 0.3) is 0 Å². The van der Waals surface area contributed by atoms with Crippen LogP contribution in [0, 0.1) is 11.8 Å². The first-order valence-corrected chi connectivity index (χ1v) is 10.2. The van der Waals surface area contributed by atoms with Gasteiger partial charge in [-0.05, 0) is 47.0 Å². The van der Waals surface area contributed by atoms with Gasteiger partial charge in [-0.25, -0.2) is 14.8 Å². The number of aryl methyl sites for hydroxylation is 1. The van der Waals surface area contributed by atoms with Gasteiger partial charge in [0.15, 0.2) is 0 Å². The fourth-order valence-corrected chi connectivity index (χ4v) is 4.22. The van der Waals surface area contributed by atoms with Crippen molar-refractivity contribution in [1.82, 2.24) is 19.4 Å². The quantitative estimate of drug-likeness (QED) is 0.626. The van der Waals surface area contributed by atoms with E-state index in [-0.39, 0.29) is 6.09 Å². The molecule has 0 aliphatic carbocycles. The smallest absolute Gasteiger partial charge is 0.409 e. The Hall–Kier alpha value is -1.34. The van der Waals surface area contributed by atoms with E-state index in [0.29, 0.717) is 23.6 Å². The maximum atomic E-state index is 12.0. The minimum Gasteiger partial charge on any atom is -0.449 e. The second-order valence-corrected chi connectivity index (χ2v) is 8.44. The van der Waals surface area contributed by atoms with Crippen LogP contribution < -0.4 is 0 Å². The molecule has 0 bridgehead atoms. The molecule has 0 N–H and O–H groups in total. The van der Waals surface area contributed by atoms with Crippen molar-refractivity contribution in [2.75, 3.05) is 19.7 Å². The normalized spacial score (nSPS) is 15.8. The van der Waals surface area contributed by atoms with Gasteiger partial charge in [0.1, 0.15) is 17.1 Å². The fraction of sp³-hybridized carbons (Fsp3) is 0.611. The molecule has 1 aliphatic heterocycles. The standard InChI is InChI=1S/C18H24BrClN4O2/c1-12(2)10-26-18(25)23-6-3-13(4-7-23)5-8-24-9-14(19)15-16(20)21-11-22-17(15)24/h9,11-13H,3-8,10H2,1-2H3. The zero-order valence-corrected chi connectivity index (χ0v) is 17.5. The number of carbonyl (C=O) groups excluding carboxylic acids is 1. The van der Waals surface area contributed by atoms with Crippen LogP contribution >= 0.6 is 27.5 Å². The van der Waals surface area contributed by atoms with Gasteiger partial charge < -0.3 is 14.2 Å². The third-order valence-electron chi connectivity index (χ3n) is 4.75. The van der Waals surface area contributed by atoms with Crippen LogP contribution in [0.4, 0.5) is 4.79 Å². The summed E-state index contributed by atoms with van der Waals surface area (Å²) in [7, 11) is 0. The molecular weight excluding hydrogens is 420 g/mol. The average molecular weight is 444 g/mol. The summed E-state index contributed by atoms with van der Waals surface area (Å²) in [5.74, 6) is 0.960. The molecule has 0 aromatic carbocycles. The van der Waals surface area contributed by atoms with Crippen LogP contribution in [-0.4, -0.2) is 45.2 Å². The molecular formula is C18H24BrClN4O2. The van der Waals surface area contributed by atoms with Gasteiger partial charge in [0.05, 0.1) is 12.0 Å². The number of piperidine rings is 1. The maximum Gasteiger partial charge on any atom is 0.409 e. The fourth-order valence-electron chi connectivity index (χ4n) is 3.27. The van der Waals surface area contributed by atoms with Crippen molar-refractivity contribution in [1.29, 1.82) is 0 Å². The van der Waals surface area contributed by atoms with E-state index in [4.69, 9.17) is 16.3 Å². The Morgan fingerprint density at radius 2 is 2.12 bits per heavy atom. The molecule has 3 rings (SSSR count). The molecule has 1 saturated heterocycles. The largest absolute Gasteiger partial charge is 0.449 e. The molecule has 3 heterocycles. The van der Waals surface area contributed by atoms with E-state index in [2.05, 4.69) is 30.5 Å². The third kappa shape index (κ3) is 4.49. The van der Waals surface area contributed by atoms with E-state index in [1.807, 2.05) is 24.9 Å². The van der Waals surface area contributed by atoms with Gasteiger partial charge >= 0.3 is 6.09 Å². The topological polar surface area (TPSA) is 60.2 Å². The minimum atomic E-state index is -0.177. The molecule has 2 aromatic rings. The molecule has 0 spiro atoms. The predicted molar refractivity (Wildman–Crippen MR) is 105 cm³/mol. The second-order valence-electron chi connectivity index (χ2n) is 7.22. The molecule has 0 saturated carbocycles. The Balaban J connectivity index is 1.52. The van der Waals surface area contributed by atoms with Crippen LogP contribution in [0.5, 0.6) is 0 Å². The van der Waals surface area contributed by atoms with Gasteiger partial charge in [-0.15, -0.1) is 0 Å². The Morgan fingerprint density at radius 3 is 2.81 bits per heavy atom. The summed E-state index contributed by atoms with van der Waals surface area (Å²) in [6, 6.07) is 0. The third-order valence-corrected chi connectivity index (χ3v) is 5.64. The molecule has 8 heteroatoms. The van der Waals surface area contributed by atoms with Crippen molar-refractivity contribution in [3.05, 3.63) is 22.1 Å². The molecule has 1 amide bonds. The van der Waals surface area contributed by atoms with E-state index in [1.54, 1.807) is 0 Å². The number of carbonyl (C=O) groups is 1. The van der Waals surface area contributed by atoms with E-state index in [9.17, 15) is 4.79 Å². The number of nitrogens with zero attached hydrogens (tertiary/aromatic N) is 4. The predicted octanol–water partition coefficient (Wildman–Crippen LogP) is 4.74. The Labute approximate surface area is 167 Å². The summed E-state index contributed by atoms with van der Waals surface area (Å²) < 4.78 is 8.36. The zero-order chi connectivity index (χ0) is 18.7. The van der Waals surface area contributed by atoms with E-state index < -0.39 is 0 Å². The Kier molecular flexibility index (Phi) is 6.40. The average Bonchev–Trinajstić information content (AvgIpc) is 2.95. The van der Waals surface area contributed by atoms with Crippen molar-refractivity contribution in [2.45, 2.75) is 39.7 Å². The van der Waals surface area contributed by atoms with Crippen molar-refractivity contribution < 1.29 is 9.53 Å². The molecule has 0 unspecified atom stereocenters.